The first-order chi connectivity index (χ1) is 6.95. The Balaban J connectivity index is 3.34. The standard InChI is InChI=1S/C10H17F3O2/c1-2-7-15-8-5-9(14)4-3-6-10(11,12)13/h2-8H2,1H3. The normalized spacial score (nSPS) is 11.7. The molecule has 0 heterocycles. The van der Waals surface area contributed by atoms with Crippen LogP contribution in [0.4, 0.5) is 13.2 Å². The number of ether oxygens (including phenoxy) is 1. The third-order valence-corrected chi connectivity index (χ3v) is 1.79. The third-order valence-electron chi connectivity index (χ3n) is 1.79. The van der Waals surface area contributed by atoms with E-state index < -0.39 is 12.6 Å². The molecule has 0 aromatic carbocycles. The lowest BCUT2D eigenvalue weighted by atomic mass is 10.1. The van der Waals surface area contributed by atoms with Gasteiger partial charge in [0.05, 0.1) is 6.61 Å². The number of halogens is 3. The van der Waals surface area contributed by atoms with Crippen molar-refractivity contribution < 1.29 is 22.7 Å². The Morgan fingerprint density at radius 3 is 2.40 bits per heavy atom. The van der Waals surface area contributed by atoms with E-state index in [4.69, 9.17) is 4.74 Å². The highest BCUT2D eigenvalue weighted by Gasteiger charge is 2.26. The van der Waals surface area contributed by atoms with E-state index in [-0.39, 0.29) is 25.0 Å². The number of carbonyl (C=O) groups is 1. The third kappa shape index (κ3) is 11.3. The van der Waals surface area contributed by atoms with Crippen molar-refractivity contribution >= 4 is 5.78 Å². The molecule has 0 saturated heterocycles. The second-order valence-corrected chi connectivity index (χ2v) is 3.37. The average Bonchev–Trinajstić information content (AvgIpc) is 2.10. The van der Waals surface area contributed by atoms with Crippen molar-refractivity contribution in [3.05, 3.63) is 0 Å². The largest absolute Gasteiger partial charge is 0.389 e. The van der Waals surface area contributed by atoms with Gasteiger partial charge in [0, 0.05) is 25.9 Å². The van der Waals surface area contributed by atoms with Gasteiger partial charge < -0.3 is 4.74 Å². The monoisotopic (exact) mass is 226 g/mol. The lowest BCUT2D eigenvalue weighted by Gasteiger charge is -2.05. The van der Waals surface area contributed by atoms with Gasteiger partial charge >= 0.3 is 6.18 Å². The Bertz CT molecular complexity index is 178. The van der Waals surface area contributed by atoms with E-state index in [1.807, 2.05) is 6.92 Å². The molecule has 0 N–H and O–H groups in total. The Morgan fingerprint density at radius 1 is 1.20 bits per heavy atom. The molecule has 5 heteroatoms. The van der Waals surface area contributed by atoms with E-state index in [1.54, 1.807) is 0 Å². The van der Waals surface area contributed by atoms with Gasteiger partial charge in [-0.25, -0.2) is 0 Å². The van der Waals surface area contributed by atoms with Gasteiger partial charge in [-0.1, -0.05) is 6.92 Å². The molecule has 0 spiro atoms. The van der Waals surface area contributed by atoms with Gasteiger partial charge in [0.15, 0.2) is 0 Å². The Labute approximate surface area is 87.8 Å². The molecule has 0 aromatic rings. The minimum absolute atomic E-state index is 0.00497. The molecule has 0 aliphatic rings. The molecule has 0 aromatic heterocycles. The van der Waals surface area contributed by atoms with E-state index in [0.29, 0.717) is 13.2 Å². The van der Waals surface area contributed by atoms with Gasteiger partial charge in [0.1, 0.15) is 5.78 Å². The van der Waals surface area contributed by atoms with Crippen LogP contribution in [0.1, 0.15) is 39.0 Å². The van der Waals surface area contributed by atoms with E-state index >= 15 is 0 Å². The lowest BCUT2D eigenvalue weighted by Crippen LogP contribution is -2.09. The Kier molecular flexibility index (Phi) is 7.38. The zero-order valence-corrected chi connectivity index (χ0v) is 8.90. The van der Waals surface area contributed by atoms with E-state index in [2.05, 4.69) is 0 Å². The molecule has 0 unspecified atom stereocenters. The van der Waals surface area contributed by atoms with Crippen LogP contribution >= 0.6 is 0 Å². The second kappa shape index (κ2) is 7.68. The van der Waals surface area contributed by atoms with E-state index in [0.717, 1.165) is 6.42 Å². The Morgan fingerprint density at radius 2 is 1.87 bits per heavy atom. The predicted octanol–water partition coefficient (Wildman–Crippen LogP) is 3.10. The summed E-state index contributed by atoms with van der Waals surface area (Å²) >= 11 is 0. The molecule has 2 nitrogen and oxygen atoms in total. The topological polar surface area (TPSA) is 26.3 Å². The van der Waals surface area contributed by atoms with Gasteiger partial charge in [-0.05, 0) is 12.8 Å². The van der Waals surface area contributed by atoms with Crippen LogP contribution in [-0.2, 0) is 9.53 Å². The maximum absolute atomic E-state index is 11.7. The number of hydrogen-bond donors (Lipinski definition) is 0. The first-order valence-corrected chi connectivity index (χ1v) is 5.12. The summed E-state index contributed by atoms with van der Waals surface area (Å²) in [6, 6.07) is 0. The summed E-state index contributed by atoms with van der Waals surface area (Å²) in [5, 5.41) is 0. The van der Waals surface area contributed by atoms with Crippen molar-refractivity contribution in [3.63, 3.8) is 0 Å². The molecule has 0 bridgehead atoms. The van der Waals surface area contributed by atoms with Crippen LogP contribution in [0.15, 0.2) is 0 Å². The summed E-state index contributed by atoms with van der Waals surface area (Å²) < 4.78 is 40.2. The molecular formula is C10H17F3O2. The van der Waals surface area contributed by atoms with Crippen molar-refractivity contribution in [3.8, 4) is 0 Å². The molecule has 15 heavy (non-hydrogen) atoms. The maximum atomic E-state index is 11.7. The van der Waals surface area contributed by atoms with Crippen LogP contribution < -0.4 is 0 Å². The molecule has 0 amide bonds. The number of hydrogen-bond acceptors (Lipinski definition) is 2. The van der Waals surface area contributed by atoms with Crippen molar-refractivity contribution in [1.82, 2.24) is 0 Å². The number of alkyl halides is 3. The number of ketones is 1. The van der Waals surface area contributed by atoms with Crippen molar-refractivity contribution in [1.29, 1.82) is 0 Å². The second-order valence-electron chi connectivity index (χ2n) is 3.37. The van der Waals surface area contributed by atoms with Gasteiger partial charge in [-0.15, -0.1) is 0 Å². The van der Waals surface area contributed by atoms with Crippen molar-refractivity contribution in [2.45, 2.75) is 45.2 Å². The first kappa shape index (κ1) is 14.4. The first-order valence-electron chi connectivity index (χ1n) is 5.12. The van der Waals surface area contributed by atoms with Gasteiger partial charge in [0.25, 0.3) is 0 Å². The minimum atomic E-state index is -4.15. The zero-order valence-electron chi connectivity index (χ0n) is 8.90. The summed E-state index contributed by atoms with van der Waals surface area (Å²) in [6.45, 7) is 2.86. The molecule has 0 atom stereocenters. The number of Topliss-reactive ketones (excluding diaryl/α,β-unsaturated/α-hetero) is 1. The predicted molar refractivity (Wildman–Crippen MR) is 50.6 cm³/mol. The summed E-state index contributed by atoms with van der Waals surface area (Å²) in [5.41, 5.74) is 0. The molecule has 0 saturated carbocycles. The highest BCUT2D eigenvalue weighted by molar-refractivity contribution is 5.78. The molecular weight excluding hydrogens is 209 g/mol. The smallest absolute Gasteiger partial charge is 0.381 e. The summed E-state index contributed by atoms with van der Waals surface area (Å²) in [4.78, 5) is 11.0. The highest BCUT2D eigenvalue weighted by atomic mass is 19.4. The summed E-state index contributed by atoms with van der Waals surface area (Å²) in [6.07, 6.45) is -4.06. The van der Waals surface area contributed by atoms with E-state index in [1.165, 1.54) is 0 Å². The quantitative estimate of drug-likeness (QED) is 0.594. The summed E-state index contributed by atoms with van der Waals surface area (Å²) in [5.74, 6) is -0.157. The van der Waals surface area contributed by atoms with Crippen LogP contribution in [0.5, 0.6) is 0 Å². The van der Waals surface area contributed by atoms with Gasteiger partial charge in [0.2, 0.25) is 0 Å². The van der Waals surface area contributed by atoms with Gasteiger partial charge in [-0.2, -0.15) is 13.2 Å². The summed E-state index contributed by atoms with van der Waals surface area (Å²) in [7, 11) is 0. The van der Waals surface area contributed by atoms with Crippen molar-refractivity contribution in [2.24, 2.45) is 0 Å². The van der Waals surface area contributed by atoms with Crippen LogP contribution in [-0.4, -0.2) is 25.2 Å². The lowest BCUT2D eigenvalue weighted by molar-refractivity contribution is -0.137. The number of carbonyl (C=O) groups excluding carboxylic acids is 1. The fraction of sp³-hybridized carbons (Fsp3) is 0.900. The fourth-order valence-corrected chi connectivity index (χ4v) is 1.04. The molecule has 0 aliphatic heterocycles. The molecule has 0 fully saturated rings. The molecule has 90 valence electrons. The van der Waals surface area contributed by atoms with Crippen molar-refractivity contribution in [2.75, 3.05) is 13.2 Å². The zero-order chi connectivity index (χ0) is 11.7. The molecule has 0 rings (SSSR count). The van der Waals surface area contributed by atoms with Crippen LogP contribution in [0.25, 0.3) is 0 Å². The van der Waals surface area contributed by atoms with Crippen LogP contribution in [0.3, 0.4) is 0 Å². The maximum Gasteiger partial charge on any atom is 0.389 e. The SMILES string of the molecule is CCCOCCC(=O)CCCC(F)(F)F. The molecule has 0 radical (unpaired) electrons. The average molecular weight is 226 g/mol. The van der Waals surface area contributed by atoms with Crippen LogP contribution in [0.2, 0.25) is 0 Å². The van der Waals surface area contributed by atoms with E-state index in [9.17, 15) is 18.0 Å². The molecule has 0 aliphatic carbocycles. The van der Waals surface area contributed by atoms with Gasteiger partial charge in [-0.3, -0.25) is 4.79 Å². The van der Waals surface area contributed by atoms with Crippen LogP contribution in [0, 0.1) is 0 Å². The fourth-order valence-electron chi connectivity index (χ4n) is 1.04. The Hall–Kier alpha value is -0.580. The highest BCUT2D eigenvalue weighted by Crippen LogP contribution is 2.22. The number of rotatable bonds is 8. The minimum Gasteiger partial charge on any atom is -0.381 e.